The van der Waals surface area contributed by atoms with Crippen LogP contribution in [-0.2, 0) is 0 Å². The summed E-state index contributed by atoms with van der Waals surface area (Å²) in [4.78, 5) is 0. The first-order chi connectivity index (χ1) is 8.52. The Kier molecular flexibility index (Phi) is 4.24. The van der Waals surface area contributed by atoms with Gasteiger partial charge in [-0.1, -0.05) is 17.7 Å². The molecule has 0 fully saturated rings. The lowest BCUT2D eigenvalue weighted by Crippen LogP contribution is -2.47. The highest BCUT2D eigenvalue weighted by molar-refractivity contribution is 5.40. The van der Waals surface area contributed by atoms with E-state index in [9.17, 15) is 22.0 Å². The number of hydrogen-bond acceptors (Lipinski definition) is 1. The Hall–Kier alpha value is -1.17. The largest absolute Gasteiger partial charge is 0.455 e. The molecule has 0 radical (unpaired) electrons. The molecule has 1 aromatic rings. The standard InChI is InChI=1S/C13H16F5N/c1-7-5-8(2)10(9(3)6-7)11(19-4)12(14,15)13(16,17)18/h5-6,11,19H,1-4H3. The van der Waals surface area contributed by atoms with Gasteiger partial charge in [0.25, 0.3) is 0 Å². The molecule has 19 heavy (non-hydrogen) atoms. The van der Waals surface area contributed by atoms with Crippen molar-refractivity contribution >= 4 is 0 Å². The molecule has 0 aliphatic heterocycles. The highest BCUT2D eigenvalue weighted by atomic mass is 19.4. The van der Waals surface area contributed by atoms with Crippen LogP contribution in [0.4, 0.5) is 22.0 Å². The van der Waals surface area contributed by atoms with Crippen LogP contribution in [0.3, 0.4) is 0 Å². The Morgan fingerprint density at radius 2 is 1.37 bits per heavy atom. The second kappa shape index (κ2) is 5.07. The fourth-order valence-corrected chi connectivity index (χ4v) is 2.32. The van der Waals surface area contributed by atoms with Gasteiger partial charge in [0, 0.05) is 0 Å². The number of benzene rings is 1. The third kappa shape index (κ3) is 2.88. The van der Waals surface area contributed by atoms with E-state index in [-0.39, 0.29) is 5.56 Å². The monoisotopic (exact) mass is 281 g/mol. The Balaban J connectivity index is 3.41. The maximum absolute atomic E-state index is 13.6. The van der Waals surface area contributed by atoms with Crippen LogP contribution in [0.1, 0.15) is 28.3 Å². The molecule has 1 rings (SSSR count). The lowest BCUT2D eigenvalue weighted by molar-refractivity contribution is -0.294. The zero-order chi connectivity index (χ0) is 15.0. The third-order valence-corrected chi connectivity index (χ3v) is 3.06. The molecule has 0 aromatic heterocycles. The summed E-state index contributed by atoms with van der Waals surface area (Å²) in [5.74, 6) is -4.83. The lowest BCUT2D eigenvalue weighted by atomic mass is 9.90. The van der Waals surface area contributed by atoms with Gasteiger partial charge in [-0.15, -0.1) is 0 Å². The number of rotatable bonds is 3. The molecule has 0 heterocycles. The van der Waals surface area contributed by atoms with Crippen LogP contribution in [-0.4, -0.2) is 19.1 Å². The van der Waals surface area contributed by atoms with E-state index in [2.05, 4.69) is 5.32 Å². The summed E-state index contributed by atoms with van der Waals surface area (Å²) >= 11 is 0. The fraction of sp³-hybridized carbons (Fsp3) is 0.538. The van der Waals surface area contributed by atoms with Crippen molar-refractivity contribution in [1.82, 2.24) is 5.32 Å². The van der Waals surface area contributed by atoms with Crippen LogP contribution in [0, 0.1) is 20.8 Å². The van der Waals surface area contributed by atoms with Gasteiger partial charge in [-0.3, -0.25) is 0 Å². The summed E-state index contributed by atoms with van der Waals surface area (Å²) in [6, 6.07) is 1.10. The molecule has 1 aromatic carbocycles. The van der Waals surface area contributed by atoms with Crippen molar-refractivity contribution in [2.45, 2.75) is 38.9 Å². The molecule has 6 heteroatoms. The van der Waals surface area contributed by atoms with E-state index in [0.717, 1.165) is 12.6 Å². The predicted octanol–water partition coefficient (Wildman–Crippen LogP) is 4.07. The molecule has 1 atom stereocenters. The molecule has 0 aliphatic carbocycles. The van der Waals surface area contributed by atoms with Gasteiger partial charge in [0.15, 0.2) is 0 Å². The SMILES string of the molecule is CNC(c1c(C)cc(C)cc1C)C(F)(F)C(F)(F)F. The summed E-state index contributed by atoms with van der Waals surface area (Å²) in [6.07, 6.45) is -5.59. The Labute approximate surface area is 108 Å². The van der Waals surface area contributed by atoms with Gasteiger partial charge in [0.05, 0.1) is 0 Å². The number of halogens is 5. The zero-order valence-corrected chi connectivity index (χ0v) is 11.1. The van der Waals surface area contributed by atoms with E-state index in [1.54, 1.807) is 19.1 Å². The van der Waals surface area contributed by atoms with Crippen LogP contribution in [0.5, 0.6) is 0 Å². The number of nitrogens with one attached hydrogen (secondary N) is 1. The second-order valence-corrected chi connectivity index (χ2v) is 4.65. The topological polar surface area (TPSA) is 12.0 Å². The van der Waals surface area contributed by atoms with Crippen molar-refractivity contribution in [3.63, 3.8) is 0 Å². The van der Waals surface area contributed by atoms with Crippen LogP contribution in [0.2, 0.25) is 0 Å². The van der Waals surface area contributed by atoms with Crippen molar-refractivity contribution in [2.75, 3.05) is 7.05 Å². The smallest absolute Gasteiger partial charge is 0.308 e. The van der Waals surface area contributed by atoms with Gasteiger partial charge in [0.1, 0.15) is 6.04 Å². The average Bonchev–Trinajstić information content (AvgIpc) is 2.20. The van der Waals surface area contributed by atoms with Gasteiger partial charge in [-0.05, 0) is 44.5 Å². The van der Waals surface area contributed by atoms with Gasteiger partial charge >= 0.3 is 12.1 Å². The Bertz CT molecular complexity index is 442. The van der Waals surface area contributed by atoms with Crippen LogP contribution in [0.15, 0.2) is 12.1 Å². The second-order valence-electron chi connectivity index (χ2n) is 4.65. The summed E-state index contributed by atoms with van der Waals surface area (Å²) < 4.78 is 64.6. The van der Waals surface area contributed by atoms with Gasteiger partial charge in [-0.2, -0.15) is 22.0 Å². The van der Waals surface area contributed by atoms with Crippen molar-refractivity contribution < 1.29 is 22.0 Å². The maximum atomic E-state index is 13.6. The fourth-order valence-electron chi connectivity index (χ4n) is 2.32. The minimum Gasteiger partial charge on any atom is -0.308 e. The Morgan fingerprint density at radius 3 is 1.68 bits per heavy atom. The van der Waals surface area contributed by atoms with Crippen molar-refractivity contribution in [3.8, 4) is 0 Å². The van der Waals surface area contributed by atoms with E-state index < -0.39 is 18.1 Å². The number of hydrogen-bond donors (Lipinski definition) is 1. The predicted molar refractivity (Wildman–Crippen MR) is 63.5 cm³/mol. The highest BCUT2D eigenvalue weighted by Crippen LogP contribution is 2.45. The summed E-state index contributed by atoms with van der Waals surface area (Å²) in [6.45, 7) is 4.83. The molecule has 0 amide bonds. The quantitative estimate of drug-likeness (QED) is 0.823. The molecule has 0 aliphatic rings. The molecule has 0 bridgehead atoms. The van der Waals surface area contributed by atoms with E-state index >= 15 is 0 Å². The average molecular weight is 281 g/mol. The lowest BCUT2D eigenvalue weighted by Gasteiger charge is -2.30. The van der Waals surface area contributed by atoms with Crippen molar-refractivity contribution in [3.05, 3.63) is 34.4 Å². The minimum atomic E-state index is -5.59. The zero-order valence-electron chi connectivity index (χ0n) is 11.1. The summed E-state index contributed by atoms with van der Waals surface area (Å²) in [7, 11) is 1.10. The minimum absolute atomic E-state index is 0.00424. The first-order valence-corrected chi connectivity index (χ1v) is 5.72. The molecule has 1 nitrogen and oxygen atoms in total. The molecular formula is C13H16F5N. The normalized spacial score (nSPS) is 14.6. The number of alkyl halides is 5. The van der Waals surface area contributed by atoms with Crippen LogP contribution >= 0.6 is 0 Å². The van der Waals surface area contributed by atoms with Crippen LogP contribution < -0.4 is 5.32 Å². The molecule has 0 spiro atoms. The first kappa shape index (κ1) is 15.9. The highest BCUT2D eigenvalue weighted by Gasteiger charge is 2.62. The van der Waals surface area contributed by atoms with E-state index in [0.29, 0.717) is 11.1 Å². The molecule has 108 valence electrons. The summed E-state index contributed by atoms with van der Waals surface area (Å²) in [5.41, 5.74) is 1.65. The number of aryl methyl sites for hydroxylation is 3. The molecular weight excluding hydrogens is 265 g/mol. The van der Waals surface area contributed by atoms with Crippen molar-refractivity contribution in [2.24, 2.45) is 0 Å². The molecule has 0 saturated carbocycles. The maximum Gasteiger partial charge on any atom is 0.455 e. The van der Waals surface area contributed by atoms with Crippen LogP contribution in [0.25, 0.3) is 0 Å². The van der Waals surface area contributed by atoms with Gasteiger partial charge in [-0.25, -0.2) is 0 Å². The Morgan fingerprint density at radius 1 is 0.947 bits per heavy atom. The molecule has 1 N–H and O–H groups in total. The van der Waals surface area contributed by atoms with E-state index in [1.165, 1.54) is 13.8 Å². The summed E-state index contributed by atoms with van der Waals surface area (Å²) in [5, 5.41) is 2.10. The van der Waals surface area contributed by atoms with Crippen molar-refractivity contribution in [1.29, 1.82) is 0 Å². The van der Waals surface area contributed by atoms with E-state index in [4.69, 9.17) is 0 Å². The third-order valence-electron chi connectivity index (χ3n) is 3.06. The van der Waals surface area contributed by atoms with E-state index in [1.807, 2.05) is 0 Å². The molecule has 0 saturated heterocycles. The van der Waals surface area contributed by atoms with Gasteiger partial charge < -0.3 is 5.32 Å². The van der Waals surface area contributed by atoms with Gasteiger partial charge in [0.2, 0.25) is 0 Å². The molecule has 1 unspecified atom stereocenters. The first-order valence-electron chi connectivity index (χ1n) is 5.72.